The van der Waals surface area contributed by atoms with E-state index in [9.17, 15) is 9.59 Å². The molecule has 0 unspecified atom stereocenters. The first-order chi connectivity index (χ1) is 15.6. The fourth-order valence-electron chi connectivity index (χ4n) is 3.45. The van der Waals surface area contributed by atoms with Crippen LogP contribution in [0.5, 0.6) is 0 Å². The molecule has 0 radical (unpaired) electrons. The number of nitrogens with one attached hydrogen (secondary N) is 2. The van der Waals surface area contributed by atoms with Gasteiger partial charge in [-0.15, -0.1) is 0 Å². The molecule has 0 aliphatic rings. The van der Waals surface area contributed by atoms with Gasteiger partial charge in [0.25, 0.3) is 11.5 Å². The Morgan fingerprint density at radius 2 is 1.75 bits per heavy atom. The number of nitrogens with zero attached hydrogens (tertiary/aromatic N) is 3. The summed E-state index contributed by atoms with van der Waals surface area (Å²) in [4.78, 5) is 24.7. The second-order valence-corrected chi connectivity index (χ2v) is 7.57. The minimum Gasteiger partial charge on any atom is -0.322 e. The number of halogens is 1. The van der Waals surface area contributed by atoms with Crippen molar-refractivity contribution in [2.75, 3.05) is 5.32 Å². The fraction of sp³-hybridized carbons (Fsp3) is 0. The number of anilines is 1. The van der Waals surface area contributed by atoms with E-state index in [0.717, 1.165) is 16.6 Å². The van der Waals surface area contributed by atoms with Crippen molar-refractivity contribution in [1.82, 2.24) is 20.0 Å². The molecule has 0 bridgehead atoms. The molecule has 5 rings (SSSR count). The third-order valence-corrected chi connectivity index (χ3v) is 5.26. The van der Waals surface area contributed by atoms with Crippen LogP contribution < -0.4 is 10.9 Å². The molecular formula is C24H16ClN5O2. The molecule has 1 amide bonds. The fourth-order valence-corrected chi connectivity index (χ4v) is 3.63. The lowest BCUT2D eigenvalue weighted by Crippen LogP contribution is -2.11. The summed E-state index contributed by atoms with van der Waals surface area (Å²) >= 11 is 6.03. The standard InChI is InChI=1S/C24H16ClN5O2/c25-17-4-3-5-19(12-17)30-14-16(13-26-30)23(31)27-18-10-8-15(9-11-18)22-20-6-1-2-7-21(20)24(32)29-28-22/h1-14H,(H,27,31)(H,29,32). The van der Waals surface area contributed by atoms with Gasteiger partial charge in [-0.05, 0) is 36.4 Å². The van der Waals surface area contributed by atoms with Gasteiger partial charge in [0.15, 0.2) is 0 Å². The summed E-state index contributed by atoms with van der Waals surface area (Å²) in [5, 5.41) is 15.8. The summed E-state index contributed by atoms with van der Waals surface area (Å²) < 4.78 is 1.59. The summed E-state index contributed by atoms with van der Waals surface area (Å²) in [5.74, 6) is -0.279. The first kappa shape index (κ1) is 19.7. The molecule has 156 valence electrons. The summed E-state index contributed by atoms with van der Waals surface area (Å²) in [5.41, 5.74) is 3.07. The van der Waals surface area contributed by atoms with Gasteiger partial charge in [0.1, 0.15) is 0 Å². The Morgan fingerprint density at radius 1 is 0.969 bits per heavy atom. The van der Waals surface area contributed by atoms with Crippen molar-refractivity contribution < 1.29 is 4.79 Å². The van der Waals surface area contributed by atoms with Crippen molar-refractivity contribution in [1.29, 1.82) is 0 Å². The lowest BCUT2D eigenvalue weighted by molar-refractivity contribution is 0.102. The molecule has 0 atom stereocenters. The van der Waals surface area contributed by atoms with Gasteiger partial charge in [0.2, 0.25) is 0 Å². The highest BCUT2D eigenvalue weighted by Crippen LogP contribution is 2.25. The maximum absolute atomic E-state index is 12.7. The number of rotatable bonds is 4. The van der Waals surface area contributed by atoms with Gasteiger partial charge >= 0.3 is 0 Å². The lowest BCUT2D eigenvalue weighted by Gasteiger charge is -2.07. The molecule has 3 aromatic carbocycles. The highest BCUT2D eigenvalue weighted by atomic mass is 35.5. The zero-order valence-electron chi connectivity index (χ0n) is 16.6. The zero-order chi connectivity index (χ0) is 22.1. The molecule has 0 saturated carbocycles. The molecule has 0 aliphatic heterocycles. The number of H-pyrrole nitrogens is 1. The average Bonchev–Trinajstić information content (AvgIpc) is 3.31. The number of fused-ring (bicyclic) bond motifs is 1. The molecule has 0 spiro atoms. The van der Waals surface area contributed by atoms with Crippen LogP contribution in [-0.2, 0) is 0 Å². The first-order valence-corrected chi connectivity index (χ1v) is 10.2. The largest absolute Gasteiger partial charge is 0.322 e. The van der Waals surface area contributed by atoms with Crippen LogP contribution in [0.2, 0.25) is 5.02 Å². The van der Waals surface area contributed by atoms with Crippen LogP contribution in [0.3, 0.4) is 0 Å². The first-order valence-electron chi connectivity index (χ1n) is 9.78. The van der Waals surface area contributed by atoms with Crippen molar-refractivity contribution >= 4 is 34.0 Å². The van der Waals surface area contributed by atoms with E-state index in [1.165, 1.54) is 6.20 Å². The van der Waals surface area contributed by atoms with E-state index in [-0.39, 0.29) is 11.5 Å². The number of aromatic nitrogens is 4. The molecule has 2 aromatic heterocycles. The molecular weight excluding hydrogens is 426 g/mol. The van der Waals surface area contributed by atoms with Crippen molar-refractivity contribution in [2.24, 2.45) is 0 Å². The normalized spacial score (nSPS) is 10.9. The number of hydrogen-bond acceptors (Lipinski definition) is 4. The summed E-state index contributed by atoms with van der Waals surface area (Å²) in [7, 11) is 0. The third kappa shape index (κ3) is 3.77. The van der Waals surface area contributed by atoms with E-state index >= 15 is 0 Å². The number of carbonyl (C=O) groups excluding carboxylic acids is 1. The van der Waals surface area contributed by atoms with Crippen LogP contribution in [0.15, 0.2) is 90.0 Å². The van der Waals surface area contributed by atoms with Gasteiger partial charge in [-0.3, -0.25) is 9.59 Å². The van der Waals surface area contributed by atoms with E-state index in [1.54, 1.807) is 41.2 Å². The van der Waals surface area contributed by atoms with Gasteiger partial charge in [-0.1, -0.05) is 48.0 Å². The SMILES string of the molecule is O=C(Nc1ccc(-c2n[nH]c(=O)c3ccccc23)cc1)c1cnn(-c2cccc(Cl)c2)c1. The topological polar surface area (TPSA) is 92.7 Å². The molecule has 5 aromatic rings. The smallest absolute Gasteiger partial charge is 0.272 e. The average molecular weight is 442 g/mol. The number of hydrogen-bond donors (Lipinski definition) is 2. The van der Waals surface area contributed by atoms with Crippen molar-refractivity contribution in [2.45, 2.75) is 0 Å². The van der Waals surface area contributed by atoms with E-state index in [0.29, 0.717) is 27.4 Å². The van der Waals surface area contributed by atoms with Crippen LogP contribution in [0.25, 0.3) is 27.7 Å². The van der Waals surface area contributed by atoms with E-state index < -0.39 is 0 Å². The minimum absolute atomic E-state index is 0.230. The number of benzene rings is 3. The molecule has 2 heterocycles. The van der Waals surface area contributed by atoms with Gasteiger partial charge in [0, 0.05) is 27.9 Å². The molecule has 0 saturated heterocycles. The molecule has 7 nitrogen and oxygen atoms in total. The van der Waals surface area contributed by atoms with Crippen molar-refractivity contribution in [3.05, 3.63) is 106 Å². The number of carbonyl (C=O) groups is 1. The highest BCUT2D eigenvalue weighted by Gasteiger charge is 2.12. The van der Waals surface area contributed by atoms with Crippen LogP contribution in [0.1, 0.15) is 10.4 Å². The van der Waals surface area contributed by atoms with Crippen molar-refractivity contribution in [3.8, 4) is 16.9 Å². The van der Waals surface area contributed by atoms with Crippen LogP contribution in [0, 0.1) is 0 Å². The molecule has 32 heavy (non-hydrogen) atoms. The van der Waals surface area contributed by atoms with Crippen LogP contribution in [0.4, 0.5) is 5.69 Å². The Balaban J connectivity index is 1.36. The number of aromatic amines is 1. The van der Waals surface area contributed by atoms with E-state index in [2.05, 4.69) is 20.6 Å². The van der Waals surface area contributed by atoms with Gasteiger partial charge in [-0.2, -0.15) is 10.2 Å². The van der Waals surface area contributed by atoms with Gasteiger partial charge in [-0.25, -0.2) is 9.78 Å². The van der Waals surface area contributed by atoms with Crippen molar-refractivity contribution in [3.63, 3.8) is 0 Å². The molecule has 0 aliphatic carbocycles. The summed E-state index contributed by atoms with van der Waals surface area (Å²) in [6, 6.07) is 21.8. The lowest BCUT2D eigenvalue weighted by atomic mass is 10.0. The minimum atomic E-state index is -0.279. The zero-order valence-corrected chi connectivity index (χ0v) is 17.4. The molecule has 2 N–H and O–H groups in total. The summed E-state index contributed by atoms with van der Waals surface area (Å²) in [6.45, 7) is 0. The predicted molar refractivity (Wildman–Crippen MR) is 124 cm³/mol. The van der Waals surface area contributed by atoms with Crippen LogP contribution >= 0.6 is 11.6 Å². The number of amides is 1. The Labute approximate surface area is 187 Å². The maximum Gasteiger partial charge on any atom is 0.272 e. The third-order valence-electron chi connectivity index (χ3n) is 5.03. The second-order valence-electron chi connectivity index (χ2n) is 7.13. The van der Waals surface area contributed by atoms with Crippen LogP contribution in [-0.4, -0.2) is 25.9 Å². The van der Waals surface area contributed by atoms with Gasteiger partial charge < -0.3 is 5.32 Å². The van der Waals surface area contributed by atoms with E-state index in [4.69, 9.17) is 11.6 Å². The Hall–Kier alpha value is -4.23. The quantitative estimate of drug-likeness (QED) is 0.423. The van der Waals surface area contributed by atoms with E-state index in [1.807, 2.05) is 42.5 Å². The second kappa shape index (κ2) is 8.13. The molecule has 8 heteroatoms. The Morgan fingerprint density at radius 3 is 2.53 bits per heavy atom. The summed E-state index contributed by atoms with van der Waals surface area (Å²) in [6.07, 6.45) is 3.15. The Bertz CT molecular complexity index is 1510. The molecule has 0 fully saturated rings. The monoisotopic (exact) mass is 441 g/mol. The van der Waals surface area contributed by atoms with Gasteiger partial charge in [0.05, 0.1) is 28.5 Å². The Kier molecular flexibility index (Phi) is 5.01. The highest BCUT2D eigenvalue weighted by molar-refractivity contribution is 6.30. The maximum atomic E-state index is 12.7. The predicted octanol–water partition coefficient (Wildman–Crippen LogP) is 4.68.